The number of hydrazone groups is 1. The minimum Gasteiger partial charge on any atom is -0.340 e. The fourth-order valence-electron chi connectivity index (χ4n) is 1.75. The van der Waals surface area contributed by atoms with E-state index >= 15 is 0 Å². The molecule has 0 saturated heterocycles. The third-order valence-corrected chi connectivity index (χ3v) is 3.29. The third-order valence-electron chi connectivity index (χ3n) is 3.04. The maximum atomic E-state index is 11.9. The van der Waals surface area contributed by atoms with Crippen molar-refractivity contribution in [1.29, 1.82) is 0 Å². The Labute approximate surface area is 139 Å². The number of amides is 2. The topological polar surface area (TPSA) is 70.6 Å². The Bertz CT molecular complexity index is 700. The molecule has 0 unspecified atom stereocenters. The van der Waals surface area contributed by atoms with Crippen LogP contribution in [0.15, 0.2) is 59.7 Å². The number of benzene rings is 2. The van der Waals surface area contributed by atoms with Gasteiger partial charge in [-0.05, 0) is 36.8 Å². The van der Waals surface area contributed by atoms with E-state index in [1.165, 1.54) is 6.21 Å². The molecule has 0 radical (unpaired) electrons. The van der Waals surface area contributed by atoms with Crippen LogP contribution >= 0.6 is 11.6 Å². The fraction of sp³-hybridized carbons (Fsp3) is 0.118. The summed E-state index contributed by atoms with van der Waals surface area (Å²) in [5.41, 5.74) is 3.68. The minimum atomic E-state index is -0.704. The van der Waals surface area contributed by atoms with Gasteiger partial charge in [-0.1, -0.05) is 41.9 Å². The average molecular weight is 330 g/mol. The molecule has 0 saturated carbocycles. The Balaban J connectivity index is 1.85. The summed E-state index contributed by atoms with van der Waals surface area (Å²) in [5, 5.41) is 7.09. The molecule has 1 atom stereocenters. The molecule has 2 aromatic carbocycles. The van der Waals surface area contributed by atoms with E-state index in [4.69, 9.17) is 11.6 Å². The van der Waals surface area contributed by atoms with Crippen molar-refractivity contribution in [2.24, 2.45) is 5.10 Å². The summed E-state index contributed by atoms with van der Waals surface area (Å²) in [4.78, 5) is 23.8. The first-order chi connectivity index (χ1) is 11.1. The molecule has 0 fully saturated rings. The van der Waals surface area contributed by atoms with E-state index < -0.39 is 11.9 Å². The van der Waals surface area contributed by atoms with Gasteiger partial charge in [0.25, 0.3) is 11.8 Å². The number of nitrogens with zero attached hydrogens (tertiary/aromatic N) is 1. The zero-order chi connectivity index (χ0) is 16.7. The molecule has 118 valence electrons. The lowest BCUT2D eigenvalue weighted by Crippen LogP contribution is -2.43. The molecule has 0 aliphatic heterocycles. The largest absolute Gasteiger partial charge is 0.340 e. The van der Waals surface area contributed by atoms with E-state index in [0.29, 0.717) is 10.6 Å². The maximum absolute atomic E-state index is 11.9. The van der Waals surface area contributed by atoms with E-state index in [1.807, 2.05) is 6.07 Å². The predicted molar refractivity (Wildman–Crippen MR) is 90.6 cm³/mol. The van der Waals surface area contributed by atoms with Gasteiger partial charge in [0.1, 0.15) is 6.04 Å². The third kappa shape index (κ3) is 5.23. The Kier molecular flexibility index (Phi) is 5.88. The van der Waals surface area contributed by atoms with Crippen LogP contribution in [0.1, 0.15) is 22.8 Å². The predicted octanol–water partition coefficient (Wildman–Crippen LogP) is 2.61. The summed E-state index contributed by atoms with van der Waals surface area (Å²) in [6.45, 7) is 1.59. The molecule has 2 rings (SSSR count). The Hall–Kier alpha value is -2.66. The first-order valence-electron chi connectivity index (χ1n) is 7.00. The van der Waals surface area contributed by atoms with Gasteiger partial charge in [0.2, 0.25) is 0 Å². The van der Waals surface area contributed by atoms with Crippen LogP contribution in [0.4, 0.5) is 0 Å². The summed E-state index contributed by atoms with van der Waals surface area (Å²) in [5.74, 6) is -0.713. The van der Waals surface area contributed by atoms with E-state index in [9.17, 15) is 9.59 Å². The highest BCUT2D eigenvalue weighted by Gasteiger charge is 2.15. The van der Waals surface area contributed by atoms with E-state index in [-0.39, 0.29) is 5.91 Å². The molecule has 2 N–H and O–H groups in total. The molecule has 0 aliphatic rings. The molecule has 0 aliphatic carbocycles. The summed E-state index contributed by atoms with van der Waals surface area (Å²) in [6, 6.07) is 15.0. The summed E-state index contributed by atoms with van der Waals surface area (Å²) in [7, 11) is 0. The number of hydrogen-bond donors (Lipinski definition) is 2. The van der Waals surface area contributed by atoms with Crippen molar-refractivity contribution in [2.75, 3.05) is 0 Å². The normalized spacial score (nSPS) is 11.9. The van der Waals surface area contributed by atoms with Crippen LogP contribution in [0.2, 0.25) is 5.02 Å². The van der Waals surface area contributed by atoms with Crippen molar-refractivity contribution in [2.45, 2.75) is 13.0 Å². The standard InChI is InChI=1S/C17H16ClN3O2/c1-12(20-17(23)14-5-3-2-4-6-14)16(22)21-19-11-13-7-9-15(18)10-8-13/h2-12H,1H3,(H,20,23)(H,21,22)/b19-11-/t12-/m1/s1. The van der Waals surface area contributed by atoms with Gasteiger partial charge in [-0.25, -0.2) is 5.43 Å². The summed E-state index contributed by atoms with van der Waals surface area (Å²) < 4.78 is 0. The molecule has 0 bridgehead atoms. The monoisotopic (exact) mass is 329 g/mol. The lowest BCUT2D eigenvalue weighted by atomic mass is 10.2. The number of carbonyl (C=O) groups excluding carboxylic acids is 2. The molecule has 23 heavy (non-hydrogen) atoms. The van der Waals surface area contributed by atoms with Crippen molar-refractivity contribution < 1.29 is 9.59 Å². The second kappa shape index (κ2) is 8.10. The summed E-state index contributed by atoms with van der Waals surface area (Å²) in [6.07, 6.45) is 1.50. The fourth-order valence-corrected chi connectivity index (χ4v) is 1.88. The zero-order valence-corrected chi connectivity index (χ0v) is 13.2. The zero-order valence-electron chi connectivity index (χ0n) is 12.5. The summed E-state index contributed by atoms with van der Waals surface area (Å²) >= 11 is 5.78. The molecule has 2 amide bonds. The van der Waals surface area contributed by atoms with E-state index in [0.717, 1.165) is 5.56 Å². The molecular weight excluding hydrogens is 314 g/mol. The van der Waals surface area contributed by atoms with Gasteiger partial charge in [0.05, 0.1) is 6.21 Å². The van der Waals surface area contributed by atoms with Gasteiger partial charge < -0.3 is 5.32 Å². The van der Waals surface area contributed by atoms with Gasteiger partial charge >= 0.3 is 0 Å². The number of nitrogens with one attached hydrogen (secondary N) is 2. The average Bonchev–Trinajstić information content (AvgIpc) is 2.57. The second-order valence-corrected chi connectivity index (χ2v) is 5.28. The van der Waals surface area contributed by atoms with Gasteiger partial charge in [-0.2, -0.15) is 5.10 Å². The van der Waals surface area contributed by atoms with E-state index in [2.05, 4.69) is 15.8 Å². The van der Waals surface area contributed by atoms with Crippen LogP contribution in [0.25, 0.3) is 0 Å². The molecule has 5 nitrogen and oxygen atoms in total. The molecule has 0 aromatic heterocycles. The van der Waals surface area contributed by atoms with Crippen molar-refractivity contribution in [3.8, 4) is 0 Å². The van der Waals surface area contributed by atoms with E-state index in [1.54, 1.807) is 55.5 Å². The quantitative estimate of drug-likeness (QED) is 0.654. The number of hydrogen-bond acceptors (Lipinski definition) is 3. The second-order valence-electron chi connectivity index (χ2n) is 4.85. The van der Waals surface area contributed by atoms with Crippen LogP contribution in [0, 0.1) is 0 Å². The Morgan fingerprint density at radius 1 is 1.09 bits per heavy atom. The van der Waals surface area contributed by atoms with Gasteiger partial charge in [0.15, 0.2) is 0 Å². The number of rotatable bonds is 5. The van der Waals surface area contributed by atoms with Crippen LogP contribution in [-0.4, -0.2) is 24.1 Å². The Morgan fingerprint density at radius 3 is 2.39 bits per heavy atom. The van der Waals surface area contributed by atoms with Crippen LogP contribution in [0.3, 0.4) is 0 Å². The highest BCUT2D eigenvalue weighted by molar-refractivity contribution is 6.30. The molecule has 2 aromatic rings. The highest BCUT2D eigenvalue weighted by Crippen LogP contribution is 2.07. The first-order valence-corrected chi connectivity index (χ1v) is 7.38. The van der Waals surface area contributed by atoms with Crippen LogP contribution in [-0.2, 0) is 4.79 Å². The molecule has 0 spiro atoms. The molecule has 6 heteroatoms. The van der Waals surface area contributed by atoms with Crippen LogP contribution in [0.5, 0.6) is 0 Å². The van der Waals surface area contributed by atoms with Crippen molar-refractivity contribution in [3.05, 3.63) is 70.7 Å². The lowest BCUT2D eigenvalue weighted by Gasteiger charge is -2.12. The van der Waals surface area contributed by atoms with Crippen molar-refractivity contribution >= 4 is 29.6 Å². The van der Waals surface area contributed by atoms with Gasteiger partial charge in [0, 0.05) is 10.6 Å². The smallest absolute Gasteiger partial charge is 0.262 e. The Morgan fingerprint density at radius 2 is 1.74 bits per heavy atom. The van der Waals surface area contributed by atoms with Gasteiger partial charge in [-0.3, -0.25) is 9.59 Å². The van der Waals surface area contributed by atoms with Crippen LogP contribution < -0.4 is 10.7 Å². The first kappa shape index (κ1) is 16.7. The van der Waals surface area contributed by atoms with Crippen molar-refractivity contribution in [1.82, 2.24) is 10.7 Å². The minimum absolute atomic E-state index is 0.310. The van der Waals surface area contributed by atoms with Crippen molar-refractivity contribution in [3.63, 3.8) is 0 Å². The lowest BCUT2D eigenvalue weighted by molar-refractivity contribution is -0.122. The SMILES string of the molecule is C[C@@H](NC(=O)c1ccccc1)C(=O)N/N=C\c1ccc(Cl)cc1. The number of halogens is 1. The maximum Gasteiger partial charge on any atom is 0.262 e. The number of carbonyl (C=O) groups is 2. The van der Waals surface area contributed by atoms with Gasteiger partial charge in [-0.15, -0.1) is 0 Å². The molecule has 0 heterocycles. The molecular formula is C17H16ClN3O2. The highest BCUT2D eigenvalue weighted by atomic mass is 35.5.